The maximum Gasteiger partial charge on any atom is 0.507 e. The van der Waals surface area contributed by atoms with Crippen molar-refractivity contribution in [3.8, 4) is 0 Å². The van der Waals surface area contributed by atoms with Crippen molar-refractivity contribution in [2.24, 2.45) is 0 Å². The van der Waals surface area contributed by atoms with Gasteiger partial charge in [0.05, 0.1) is 32.7 Å². The topological polar surface area (TPSA) is 88.7 Å². The molecule has 49 heavy (non-hydrogen) atoms. The van der Waals surface area contributed by atoms with E-state index in [1.807, 2.05) is 0 Å². The zero-order valence-corrected chi connectivity index (χ0v) is 39.7. The van der Waals surface area contributed by atoms with Gasteiger partial charge in [-0.25, -0.2) is 0 Å². The highest BCUT2D eigenvalue weighted by Crippen LogP contribution is 2.28. The van der Waals surface area contributed by atoms with E-state index in [9.17, 15) is 0 Å². The third kappa shape index (κ3) is 15.2. The van der Waals surface area contributed by atoms with Crippen LogP contribution in [0.3, 0.4) is 0 Å². The summed E-state index contributed by atoms with van der Waals surface area (Å²) in [6, 6.07) is 7.86. The minimum atomic E-state index is -2.87. The van der Waals surface area contributed by atoms with Gasteiger partial charge in [0.15, 0.2) is 0 Å². The molecule has 4 radical (unpaired) electrons. The zero-order valence-electron chi connectivity index (χ0n) is 33.7. The lowest BCUT2D eigenvalue weighted by molar-refractivity contribution is 0.114. The minimum absolute atomic E-state index is 0.0586. The van der Waals surface area contributed by atoms with Crippen molar-refractivity contribution in [1.82, 2.24) is 10.6 Å². The van der Waals surface area contributed by atoms with E-state index in [1.165, 1.54) is 5.56 Å². The van der Waals surface area contributed by atoms with Crippen molar-refractivity contribution in [2.75, 3.05) is 60.8 Å². The van der Waals surface area contributed by atoms with E-state index >= 15 is 0 Å². The summed E-state index contributed by atoms with van der Waals surface area (Å²) < 4.78 is 42.4. The number of hydrogen-bond acceptors (Lipinski definition) is 9. The molecule has 0 aliphatic carbocycles. The van der Waals surface area contributed by atoms with Crippen LogP contribution in [0.15, 0.2) is 12.1 Å². The van der Waals surface area contributed by atoms with Gasteiger partial charge in [0.2, 0.25) is 0 Å². The highest BCUT2D eigenvalue weighted by Gasteiger charge is 2.46. The average Bonchev–Trinajstić information content (AvgIpc) is 3.05. The molecule has 0 aliphatic heterocycles. The molecular formula is C34H72N2O7Si6. The Morgan fingerprint density at radius 1 is 0.714 bits per heavy atom. The fourth-order valence-electron chi connectivity index (χ4n) is 6.78. The highest BCUT2D eigenvalue weighted by molar-refractivity contribution is 6.76. The van der Waals surface area contributed by atoms with Crippen LogP contribution in [0.1, 0.15) is 64.1 Å². The Kier molecular flexibility index (Phi) is 23.6. The van der Waals surface area contributed by atoms with Crippen molar-refractivity contribution in [2.45, 2.75) is 123 Å². The predicted octanol–water partition coefficient (Wildman–Crippen LogP) is 5.33. The van der Waals surface area contributed by atoms with Crippen LogP contribution in [0.4, 0.5) is 0 Å². The second-order valence-electron chi connectivity index (χ2n) is 13.2. The fraction of sp³-hybridized carbons (Fsp3) is 0.824. The normalized spacial score (nSPS) is 13.7. The van der Waals surface area contributed by atoms with Crippen LogP contribution in [-0.2, 0) is 37.4 Å². The first kappa shape index (κ1) is 47.2. The predicted molar refractivity (Wildman–Crippen MR) is 219 cm³/mol. The van der Waals surface area contributed by atoms with Crippen molar-refractivity contribution >= 4 is 63.4 Å². The third-order valence-electron chi connectivity index (χ3n) is 9.07. The molecule has 1 aromatic carbocycles. The van der Waals surface area contributed by atoms with Crippen molar-refractivity contribution in [3.63, 3.8) is 0 Å². The standard InChI is InChI=1S/C34H72N2O7Si6/c1-15-40-47(13,41-16-2)27-19-24-35-34(36-25-20-28-48(14,42-17-3)43-18-4)44-26-23-31-32(45(9)10)22-21-30(33(31)46(11)12)29(5)49(37-6,38-7)39-8/h21-22,29,34-36H,15-20,23-28H2,1-14H3. The number of rotatable bonds is 29. The van der Waals surface area contributed by atoms with Crippen LogP contribution < -0.4 is 21.0 Å². The molecule has 15 heteroatoms. The summed E-state index contributed by atoms with van der Waals surface area (Å²) in [5.74, 6) is 0.254. The minimum Gasteiger partial charge on any atom is -0.395 e. The van der Waals surface area contributed by atoms with Gasteiger partial charge in [0, 0.05) is 53.5 Å². The van der Waals surface area contributed by atoms with Crippen molar-refractivity contribution in [3.05, 3.63) is 23.3 Å². The Bertz CT molecular complexity index is 989. The van der Waals surface area contributed by atoms with Crippen LogP contribution in [0.25, 0.3) is 0 Å². The number of nitrogens with one attached hydrogen (secondary N) is 2. The molecule has 1 atom stereocenters. The Labute approximate surface area is 310 Å². The lowest BCUT2D eigenvalue weighted by Gasteiger charge is -2.33. The van der Waals surface area contributed by atoms with E-state index in [0.29, 0.717) is 26.4 Å². The van der Waals surface area contributed by atoms with E-state index in [0.717, 1.165) is 60.0 Å². The van der Waals surface area contributed by atoms with E-state index in [-0.39, 0.29) is 11.3 Å². The van der Waals surface area contributed by atoms with Crippen LogP contribution in [0.5, 0.6) is 0 Å². The molecule has 0 heterocycles. The van der Waals surface area contributed by atoms with Gasteiger partial charge in [-0.3, -0.25) is 0 Å². The summed E-state index contributed by atoms with van der Waals surface area (Å²) in [6.07, 6.45) is 3.16. The summed E-state index contributed by atoms with van der Waals surface area (Å²) in [4.78, 5) is 0. The molecule has 0 fully saturated rings. The van der Waals surface area contributed by atoms with Gasteiger partial charge in [-0.15, -0.1) is 0 Å². The quantitative estimate of drug-likeness (QED) is 0.0636. The molecule has 1 rings (SSSR count). The van der Waals surface area contributed by atoms with Gasteiger partial charge in [0.25, 0.3) is 0 Å². The van der Waals surface area contributed by atoms with Crippen LogP contribution in [-0.4, -0.2) is 120 Å². The molecule has 0 bridgehead atoms. The fourth-order valence-corrected chi connectivity index (χ4v) is 18.3. The Morgan fingerprint density at radius 2 is 1.16 bits per heavy atom. The van der Waals surface area contributed by atoms with Gasteiger partial charge in [-0.05, 0) is 90.8 Å². The maximum absolute atomic E-state index is 6.11. The summed E-state index contributed by atoms with van der Waals surface area (Å²) >= 11 is 0. The second kappa shape index (κ2) is 24.5. The van der Waals surface area contributed by atoms with Gasteiger partial charge in [-0.1, -0.05) is 67.2 Å². The first-order valence-corrected chi connectivity index (χ1v) is 31.6. The van der Waals surface area contributed by atoms with Crippen molar-refractivity contribution in [1.29, 1.82) is 0 Å². The van der Waals surface area contributed by atoms with Crippen LogP contribution in [0, 0.1) is 0 Å². The molecule has 0 aliphatic rings. The summed E-state index contributed by atoms with van der Waals surface area (Å²) in [7, 11) is -2.65. The Morgan fingerprint density at radius 3 is 1.53 bits per heavy atom. The average molecular weight is 789 g/mol. The number of benzene rings is 1. The smallest absolute Gasteiger partial charge is 0.395 e. The molecule has 1 unspecified atom stereocenters. The first-order valence-electron chi connectivity index (χ1n) is 18.4. The molecule has 9 nitrogen and oxygen atoms in total. The summed E-state index contributed by atoms with van der Waals surface area (Å²) in [5.41, 5.74) is 2.98. The SMILES string of the molecule is CCO[Si](C)(CCCNC(NCCC[Si](C)(OCC)OCC)[Si]CCc1c([Si](C)C)ccc(C(C)[Si](OC)(OC)OC)c1[Si](C)C)OCC. The van der Waals surface area contributed by atoms with Gasteiger partial charge in [0.1, 0.15) is 0 Å². The molecular weight excluding hydrogens is 717 g/mol. The summed E-state index contributed by atoms with van der Waals surface area (Å²) in [6.45, 7) is 29.3. The van der Waals surface area contributed by atoms with Crippen LogP contribution in [0.2, 0.25) is 57.4 Å². The Hall–Kier alpha value is 0.161. The number of hydrogen-bond donors (Lipinski definition) is 2. The second-order valence-corrected chi connectivity index (χ2v) is 29.8. The molecule has 0 saturated carbocycles. The van der Waals surface area contributed by atoms with E-state index in [4.69, 9.17) is 31.0 Å². The van der Waals surface area contributed by atoms with E-state index in [1.54, 1.807) is 37.3 Å². The molecule has 1 aromatic rings. The highest BCUT2D eigenvalue weighted by atomic mass is 28.4. The van der Waals surface area contributed by atoms with Crippen molar-refractivity contribution < 1.29 is 31.0 Å². The largest absolute Gasteiger partial charge is 0.507 e. The lowest BCUT2D eigenvalue weighted by Crippen LogP contribution is -2.51. The van der Waals surface area contributed by atoms with Crippen LogP contribution >= 0.6 is 0 Å². The monoisotopic (exact) mass is 788 g/mol. The summed E-state index contributed by atoms with van der Waals surface area (Å²) in [5, 5.41) is 10.9. The molecule has 2 N–H and O–H groups in total. The van der Waals surface area contributed by atoms with Gasteiger partial charge < -0.3 is 41.6 Å². The molecule has 284 valence electrons. The van der Waals surface area contributed by atoms with E-state index < -0.39 is 43.5 Å². The molecule has 0 aromatic heterocycles. The zero-order chi connectivity index (χ0) is 37.1. The van der Waals surface area contributed by atoms with Gasteiger partial charge in [-0.2, -0.15) is 0 Å². The van der Waals surface area contributed by atoms with Gasteiger partial charge >= 0.3 is 25.9 Å². The Balaban J connectivity index is 3.22. The molecule has 0 amide bonds. The third-order valence-corrected chi connectivity index (χ3v) is 22.8. The lowest BCUT2D eigenvalue weighted by atomic mass is 10.1. The molecule has 0 spiro atoms. The first-order chi connectivity index (χ1) is 23.3. The van der Waals surface area contributed by atoms with E-state index in [2.05, 4.69) is 96.7 Å². The maximum atomic E-state index is 6.11. The molecule has 0 saturated heterocycles.